The van der Waals surface area contributed by atoms with E-state index in [1.165, 1.54) is 5.56 Å². The molecule has 1 aliphatic heterocycles. The van der Waals surface area contributed by atoms with Crippen molar-refractivity contribution in [3.63, 3.8) is 0 Å². The summed E-state index contributed by atoms with van der Waals surface area (Å²) in [5, 5.41) is 0. The van der Waals surface area contributed by atoms with Crippen LogP contribution in [0.25, 0.3) is 0 Å². The van der Waals surface area contributed by atoms with Crippen molar-refractivity contribution < 1.29 is 9.53 Å². The maximum atomic E-state index is 12.5. The van der Waals surface area contributed by atoms with Gasteiger partial charge in [0.2, 0.25) is 0 Å². The second kappa shape index (κ2) is 5.95. The number of carbonyl (C=O) groups is 1. The van der Waals surface area contributed by atoms with Crippen molar-refractivity contribution in [3.8, 4) is 5.75 Å². The van der Waals surface area contributed by atoms with Crippen LogP contribution in [-0.4, -0.2) is 29.1 Å². The molecule has 1 aromatic heterocycles. The Morgan fingerprint density at radius 3 is 2.83 bits per heavy atom. The first-order valence-corrected chi connectivity index (χ1v) is 7.68. The summed E-state index contributed by atoms with van der Waals surface area (Å²) in [6.07, 6.45) is 4.40. The average Bonchev–Trinajstić information content (AvgIpc) is 2.54. The minimum atomic E-state index is -0.202. The van der Waals surface area contributed by atoms with Crippen molar-refractivity contribution in [3.05, 3.63) is 59.4 Å². The molecule has 1 aromatic carbocycles. The van der Waals surface area contributed by atoms with Gasteiger partial charge in [0.25, 0.3) is 0 Å². The number of carbonyl (C=O) groups excluding carboxylic acids is 1. The van der Waals surface area contributed by atoms with Gasteiger partial charge in [0.15, 0.2) is 5.78 Å². The summed E-state index contributed by atoms with van der Waals surface area (Å²) < 4.78 is 5.32. The van der Waals surface area contributed by atoms with Crippen LogP contribution in [0.15, 0.2) is 47.7 Å². The van der Waals surface area contributed by atoms with Crippen LogP contribution in [0.3, 0.4) is 0 Å². The molecule has 4 nitrogen and oxygen atoms in total. The van der Waals surface area contributed by atoms with Crippen molar-refractivity contribution in [1.29, 1.82) is 0 Å². The predicted octanol–water partition coefficient (Wildman–Crippen LogP) is 3.49. The first-order chi connectivity index (χ1) is 11.0. The minimum Gasteiger partial charge on any atom is -0.497 e. The van der Waals surface area contributed by atoms with Crippen LogP contribution in [0.4, 0.5) is 0 Å². The number of rotatable bonds is 4. The highest BCUT2D eigenvalue weighted by atomic mass is 16.5. The fourth-order valence-electron chi connectivity index (χ4n) is 2.95. The van der Waals surface area contributed by atoms with Crippen molar-refractivity contribution in [1.82, 2.24) is 4.98 Å². The number of aliphatic imine (C=N–C) groups is 1. The van der Waals surface area contributed by atoms with Crippen molar-refractivity contribution in [2.45, 2.75) is 32.2 Å². The molecule has 0 aliphatic carbocycles. The molecule has 0 amide bonds. The number of hydrogen-bond acceptors (Lipinski definition) is 4. The highest BCUT2D eigenvalue weighted by Gasteiger charge is 2.28. The van der Waals surface area contributed by atoms with Gasteiger partial charge in [0.1, 0.15) is 5.75 Å². The largest absolute Gasteiger partial charge is 0.497 e. The van der Waals surface area contributed by atoms with Crippen LogP contribution >= 0.6 is 0 Å². The number of pyridine rings is 1. The quantitative estimate of drug-likeness (QED) is 0.812. The lowest BCUT2D eigenvalue weighted by Gasteiger charge is -2.29. The third-order valence-corrected chi connectivity index (χ3v) is 4.00. The number of Topliss-reactive ketones (excluding diaryl/α,β-unsaturated/α-hetero) is 1. The van der Waals surface area contributed by atoms with Gasteiger partial charge < -0.3 is 4.74 Å². The third-order valence-electron chi connectivity index (χ3n) is 4.00. The predicted molar refractivity (Wildman–Crippen MR) is 90.5 cm³/mol. The van der Waals surface area contributed by atoms with Gasteiger partial charge in [-0.15, -0.1) is 0 Å². The third kappa shape index (κ3) is 3.31. The van der Waals surface area contributed by atoms with Crippen LogP contribution in [0.5, 0.6) is 5.75 Å². The van der Waals surface area contributed by atoms with Crippen LogP contribution in [0, 0.1) is 0 Å². The smallest absolute Gasteiger partial charge is 0.170 e. The van der Waals surface area contributed by atoms with Crippen LogP contribution in [0.2, 0.25) is 0 Å². The molecule has 0 unspecified atom stereocenters. The highest BCUT2D eigenvalue weighted by Crippen LogP contribution is 2.30. The van der Waals surface area contributed by atoms with E-state index in [2.05, 4.69) is 24.9 Å². The zero-order valence-corrected chi connectivity index (χ0v) is 13.7. The minimum absolute atomic E-state index is 0.0309. The van der Waals surface area contributed by atoms with E-state index in [4.69, 9.17) is 9.73 Å². The van der Waals surface area contributed by atoms with E-state index < -0.39 is 0 Å². The molecule has 2 heterocycles. The summed E-state index contributed by atoms with van der Waals surface area (Å²) in [5.74, 6) is 0.813. The molecule has 4 heteroatoms. The Kier molecular flexibility index (Phi) is 3.99. The molecular formula is C19H20N2O2. The Bertz CT molecular complexity index is 764. The molecular weight excluding hydrogens is 288 g/mol. The summed E-state index contributed by atoms with van der Waals surface area (Å²) >= 11 is 0. The average molecular weight is 308 g/mol. The van der Waals surface area contributed by atoms with Gasteiger partial charge in [0.05, 0.1) is 24.8 Å². The summed E-state index contributed by atoms with van der Waals surface area (Å²) in [7, 11) is 1.64. The van der Waals surface area contributed by atoms with Crippen LogP contribution in [0.1, 0.15) is 41.8 Å². The lowest BCUT2D eigenvalue weighted by molar-refractivity contribution is 0.1000. The van der Waals surface area contributed by atoms with Crippen molar-refractivity contribution in [2.75, 3.05) is 7.11 Å². The number of methoxy groups -OCH3 is 1. The number of aromatic nitrogens is 1. The van der Waals surface area contributed by atoms with Gasteiger partial charge in [-0.25, -0.2) is 0 Å². The van der Waals surface area contributed by atoms with Crippen molar-refractivity contribution >= 4 is 11.5 Å². The van der Waals surface area contributed by atoms with Gasteiger partial charge in [-0.3, -0.25) is 14.8 Å². The van der Waals surface area contributed by atoms with Gasteiger partial charge in [0, 0.05) is 23.5 Å². The molecule has 0 radical (unpaired) electrons. The number of benzene rings is 1. The topological polar surface area (TPSA) is 51.5 Å². The Balaban J connectivity index is 1.97. The summed E-state index contributed by atoms with van der Waals surface area (Å²) in [6.45, 7) is 4.18. The molecule has 0 fully saturated rings. The zero-order chi connectivity index (χ0) is 16.4. The monoisotopic (exact) mass is 308 g/mol. The molecule has 0 saturated heterocycles. The molecule has 2 aromatic rings. The van der Waals surface area contributed by atoms with E-state index in [1.807, 2.05) is 12.1 Å². The molecule has 3 rings (SSSR count). The maximum Gasteiger partial charge on any atom is 0.170 e. The van der Waals surface area contributed by atoms with Gasteiger partial charge in [-0.2, -0.15) is 0 Å². The summed E-state index contributed by atoms with van der Waals surface area (Å²) in [4.78, 5) is 21.4. The normalized spacial score (nSPS) is 15.5. The van der Waals surface area contributed by atoms with E-state index in [1.54, 1.807) is 31.6 Å². The van der Waals surface area contributed by atoms with E-state index >= 15 is 0 Å². The second-order valence-electron chi connectivity index (χ2n) is 6.41. The first-order valence-electron chi connectivity index (χ1n) is 7.68. The van der Waals surface area contributed by atoms with Gasteiger partial charge in [-0.1, -0.05) is 6.07 Å². The molecule has 0 bridgehead atoms. The number of nitrogens with zero attached hydrogens (tertiary/aromatic N) is 2. The molecule has 0 N–H and O–H groups in total. The van der Waals surface area contributed by atoms with Crippen LogP contribution in [-0.2, 0) is 6.42 Å². The van der Waals surface area contributed by atoms with Gasteiger partial charge >= 0.3 is 0 Å². The summed E-state index contributed by atoms with van der Waals surface area (Å²) in [5.41, 5.74) is 3.46. The highest BCUT2D eigenvalue weighted by molar-refractivity contribution is 6.16. The Morgan fingerprint density at radius 2 is 2.13 bits per heavy atom. The molecule has 23 heavy (non-hydrogen) atoms. The van der Waals surface area contributed by atoms with Crippen LogP contribution < -0.4 is 4.74 Å². The van der Waals surface area contributed by atoms with E-state index in [0.29, 0.717) is 5.56 Å². The Hall–Kier alpha value is -2.49. The fraction of sp³-hybridized carbons (Fsp3) is 0.316. The molecule has 118 valence electrons. The zero-order valence-electron chi connectivity index (χ0n) is 13.7. The molecule has 0 saturated carbocycles. The molecule has 0 spiro atoms. The van der Waals surface area contributed by atoms with E-state index in [0.717, 1.165) is 23.4 Å². The van der Waals surface area contributed by atoms with Crippen molar-refractivity contribution in [2.24, 2.45) is 4.99 Å². The summed E-state index contributed by atoms with van der Waals surface area (Å²) in [6, 6.07) is 9.56. The standard InChI is InChI=1S/C19H20N2O2/c1-19(2)11-13-6-7-15(23-3)9-16(13)17(21-19)10-18(22)14-5-4-8-20-12-14/h4-9,12H,10-11H2,1-3H3. The number of fused-ring (bicyclic) bond motifs is 1. The fourth-order valence-corrected chi connectivity index (χ4v) is 2.95. The number of ketones is 1. The Morgan fingerprint density at radius 1 is 1.30 bits per heavy atom. The maximum absolute atomic E-state index is 12.5. The lowest BCUT2D eigenvalue weighted by atomic mass is 9.85. The number of hydrogen-bond donors (Lipinski definition) is 0. The SMILES string of the molecule is COc1ccc2c(c1)C(CC(=O)c1cccnc1)=NC(C)(C)C2. The lowest BCUT2D eigenvalue weighted by Crippen LogP contribution is -2.30. The molecule has 0 atom stereocenters. The second-order valence-corrected chi connectivity index (χ2v) is 6.41. The van der Waals surface area contributed by atoms with E-state index in [-0.39, 0.29) is 17.7 Å². The first kappa shape index (κ1) is 15.4. The van der Waals surface area contributed by atoms with Gasteiger partial charge in [-0.05, 0) is 50.1 Å². The number of ether oxygens (including phenoxy) is 1. The van der Waals surface area contributed by atoms with E-state index in [9.17, 15) is 4.79 Å². The Labute approximate surface area is 136 Å². The molecule has 1 aliphatic rings.